The van der Waals surface area contributed by atoms with E-state index in [1.807, 2.05) is 11.6 Å². The van der Waals surface area contributed by atoms with Gasteiger partial charge in [-0.05, 0) is 0 Å². The first-order chi connectivity index (χ1) is 7.16. The molecule has 0 saturated carbocycles. The number of hydrogen-bond donors (Lipinski definition) is 1. The maximum absolute atomic E-state index is 11.4. The molecule has 0 spiro atoms. The summed E-state index contributed by atoms with van der Waals surface area (Å²) in [6.07, 6.45) is 2.06. The SMILES string of the molecule is Cn1cnnc1CCN1CC(O)CC1=O. The fourth-order valence-electron chi connectivity index (χ4n) is 1.74. The van der Waals surface area contributed by atoms with Gasteiger partial charge < -0.3 is 14.6 Å². The van der Waals surface area contributed by atoms with E-state index in [9.17, 15) is 9.90 Å². The maximum atomic E-state index is 11.4. The zero-order chi connectivity index (χ0) is 10.8. The van der Waals surface area contributed by atoms with Crippen LogP contribution in [0.5, 0.6) is 0 Å². The number of amides is 1. The molecule has 1 aromatic heterocycles. The summed E-state index contributed by atoms with van der Waals surface area (Å²) in [4.78, 5) is 13.0. The third-order valence-corrected chi connectivity index (χ3v) is 2.60. The van der Waals surface area contributed by atoms with E-state index in [4.69, 9.17) is 0 Å². The third-order valence-electron chi connectivity index (χ3n) is 2.60. The fourth-order valence-corrected chi connectivity index (χ4v) is 1.74. The van der Waals surface area contributed by atoms with Crippen LogP contribution in [0.4, 0.5) is 0 Å². The number of likely N-dealkylation sites (tertiary alicyclic amines) is 1. The Morgan fingerprint density at radius 3 is 3.00 bits per heavy atom. The van der Waals surface area contributed by atoms with E-state index in [2.05, 4.69) is 10.2 Å². The highest BCUT2D eigenvalue weighted by molar-refractivity contribution is 5.78. The van der Waals surface area contributed by atoms with Crippen LogP contribution >= 0.6 is 0 Å². The van der Waals surface area contributed by atoms with Crippen molar-refractivity contribution < 1.29 is 9.90 Å². The molecule has 82 valence electrons. The van der Waals surface area contributed by atoms with Gasteiger partial charge in [-0.15, -0.1) is 10.2 Å². The number of aliphatic hydroxyl groups is 1. The number of aromatic nitrogens is 3. The molecule has 1 aliphatic heterocycles. The predicted molar refractivity (Wildman–Crippen MR) is 51.9 cm³/mol. The second-order valence-corrected chi connectivity index (χ2v) is 3.81. The number of aliphatic hydroxyl groups excluding tert-OH is 1. The van der Waals surface area contributed by atoms with Gasteiger partial charge >= 0.3 is 0 Å². The van der Waals surface area contributed by atoms with Crippen LogP contribution in [0.3, 0.4) is 0 Å². The zero-order valence-corrected chi connectivity index (χ0v) is 8.63. The van der Waals surface area contributed by atoms with Crippen LogP contribution in [0.25, 0.3) is 0 Å². The highest BCUT2D eigenvalue weighted by atomic mass is 16.3. The van der Waals surface area contributed by atoms with Gasteiger partial charge in [0.2, 0.25) is 5.91 Å². The highest BCUT2D eigenvalue weighted by Crippen LogP contribution is 2.10. The third kappa shape index (κ3) is 2.15. The molecule has 1 aromatic rings. The highest BCUT2D eigenvalue weighted by Gasteiger charge is 2.27. The van der Waals surface area contributed by atoms with Crippen molar-refractivity contribution in [2.45, 2.75) is 18.9 Å². The van der Waals surface area contributed by atoms with Crippen molar-refractivity contribution in [1.29, 1.82) is 0 Å². The number of aryl methyl sites for hydroxylation is 1. The largest absolute Gasteiger partial charge is 0.391 e. The van der Waals surface area contributed by atoms with Crippen LogP contribution < -0.4 is 0 Å². The molecule has 0 aromatic carbocycles. The molecule has 15 heavy (non-hydrogen) atoms. The smallest absolute Gasteiger partial charge is 0.225 e. The Hall–Kier alpha value is -1.43. The average Bonchev–Trinajstić information content (AvgIpc) is 2.70. The van der Waals surface area contributed by atoms with E-state index in [-0.39, 0.29) is 12.3 Å². The molecule has 0 bridgehead atoms. The van der Waals surface area contributed by atoms with Crippen molar-refractivity contribution in [2.75, 3.05) is 13.1 Å². The van der Waals surface area contributed by atoms with Gasteiger partial charge in [-0.3, -0.25) is 4.79 Å². The summed E-state index contributed by atoms with van der Waals surface area (Å²) in [6, 6.07) is 0. The minimum atomic E-state index is -0.503. The molecule has 1 unspecified atom stereocenters. The van der Waals surface area contributed by atoms with Crippen LogP contribution in [0, 0.1) is 0 Å². The summed E-state index contributed by atoms with van der Waals surface area (Å²) in [6.45, 7) is 1.04. The van der Waals surface area contributed by atoms with Crippen molar-refractivity contribution >= 4 is 5.91 Å². The Morgan fingerprint density at radius 1 is 1.67 bits per heavy atom. The van der Waals surface area contributed by atoms with Gasteiger partial charge in [0.25, 0.3) is 0 Å². The summed E-state index contributed by atoms with van der Waals surface area (Å²) in [5.74, 6) is 0.869. The van der Waals surface area contributed by atoms with Gasteiger partial charge in [-0.1, -0.05) is 0 Å². The molecule has 6 heteroatoms. The molecule has 6 nitrogen and oxygen atoms in total. The number of hydrogen-bond acceptors (Lipinski definition) is 4. The number of carbonyl (C=O) groups excluding carboxylic acids is 1. The topological polar surface area (TPSA) is 71.2 Å². The monoisotopic (exact) mass is 210 g/mol. The Balaban J connectivity index is 1.89. The lowest BCUT2D eigenvalue weighted by molar-refractivity contribution is -0.127. The second kappa shape index (κ2) is 3.98. The van der Waals surface area contributed by atoms with Crippen LogP contribution in [0.15, 0.2) is 6.33 Å². The average molecular weight is 210 g/mol. The first kappa shape index (κ1) is 10.1. The fraction of sp³-hybridized carbons (Fsp3) is 0.667. The first-order valence-electron chi connectivity index (χ1n) is 4.95. The minimum Gasteiger partial charge on any atom is -0.391 e. The first-order valence-corrected chi connectivity index (χ1v) is 4.95. The molecule has 1 aliphatic rings. The van der Waals surface area contributed by atoms with Crippen molar-refractivity contribution in [1.82, 2.24) is 19.7 Å². The van der Waals surface area contributed by atoms with E-state index in [0.717, 1.165) is 5.82 Å². The summed E-state index contributed by atoms with van der Waals surface area (Å²) in [5, 5.41) is 17.0. The predicted octanol–water partition coefficient (Wildman–Crippen LogP) is -1.05. The Kier molecular flexibility index (Phi) is 2.68. The lowest BCUT2D eigenvalue weighted by atomic mass is 10.3. The van der Waals surface area contributed by atoms with Crippen LogP contribution in [0.1, 0.15) is 12.2 Å². The number of nitrogens with zero attached hydrogens (tertiary/aromatic N) is 4. The molecule has 1 N–H and O–H groups in total. The second-order valence-electron chi connectivity index (χ2n) is 3.81. The molecule has 1 atom stereocenters. The zero-order valence-electron chi connectivity index (χ0n) is 8.63. The molecule has 1 fully saturated rings. The van der Waals surface area contributed by atoms with Crippen LogP contribution in [-0.4, -0.2) is 49.9 Å². The van der Waals surface area contributed by atoms with Gasteiger partial charge in [0.1, 0.15) is 12.2 Å². The van der Waals surface area contributed by atoms with E-state index in [1.54, 1.807) is 11.2 Å². The van der Waals surface area contributed by atoms with Crippen LogP contribution in [0.2, 0.25) is 0 Å². The summed E-state index contributed by atoms with van der Waals surface area (Å²) < 4.78 is 1.83. The lowest BCUT2D eigenvalue weighted by Crippen LogP contribution is -2.28. The van der Waals surface area contributed by atoms with E-state index >= 15 is 0 Å². The summed E-state index contributed by atoms with van der Waals surface area (Å²) in [5.41, 5.74) is 0. The normalized spacial score (nSPS) is 21.3. The van der Waals surface area contributed by atoms with E-state index < -0.39 is 6.10 Å². The van der Waals surface area contributed by atoms with E-state index in [0.29, 0.717) is 19.5 Å². The summed E-state index contributed by atoms with van der Waals surface area (Å²) in [7, 11) is 1.87. The molecule has 1 amide bonds. The van der Waals surface area contributed by atoms with Crippen LogP contribution in [-0.2, 0) is 18.3 Å². The molecular formula is C9H14N4O2. The Labute approximate surface area is 87.5 Å². The van der Waals surface area contributed by atoms with Crippen molar-refractivity contribution in [3.05, 3.63) is 12.2 Å². The summed E-state index contributed by atoms with van der Waals surface area (Å²) >= 11 is 0. The molecule has 2 rings (SSSR count). The van der Waals surface area contributed by atoms with Gasteiger partial charge in [0.15, 0.2) is 0 Å². The van der Waals surface area contributed by atoms with Gasteiger partial charge in [-0.25, -0.2) is 0 Å². The van der Waals surface area contributed by atoms with Crippen molar-refractivity contribution in [2.24, 2.45) is 7.05 Å². The van der Waals surface area contributed by atoms with Gasteiger partial charge in [0.05, 0.1) is 12.5 Å². The number of β-amino-alcohol motifs (C(OH)–C–C–N with tert-alkyl or cyclic N) is 1. The molecule has 1 saturated heterocycles. The maximum Gasteiger partial charge on any atom is 0.225 e. The number of carbonyl (C=O) groups is 1. The number of rotatable bonds is 3. The van der Waals surface area contributed by atoms with Gasteiger partial charge in [-0.2, -0.15) is 0 Å². The quantitative estimate of drug-likeness (QED) is 0.691. The lowest BCUT2D eigenvalue weighted by Gasteiger charge is -2.14. The molecule has 0 radical (unpaired) electrons. The molecule has 0 aliphatic carbocycles. The van der Waals surface area contributed by atoms with Gasteiger partial charge in [0, 0.05) is 26.6 Å². The Morgan fingerprint density at radius 2 is 2.47 bits per heavy atom. The molecule has 2 heterocycles. The standard InChI is InChI=1S/C9H14N4O2/c1-12-6-10-11-8(12)2-3-13-5-7(14)4-9(13)15/h6-7,14H,2-5H2,1H3. The van der Waals surface area contributed by atoms with Crippen molar-refractivity contribution in [3.63, 3.8) is 0 Å². The molecular weight excluding hydrogens is 196 g/mol. The minimum absolute atomic E-state index is 0.0182. The Bertz CT molecular complexity index is 363. The van der Waals surface area contributed by atoms with E-state index in [1.165, 1.54) is 0 Å². The van der Waals surface area contributed by atoms with Crippen molar-refractivity contribution in [3.8, 4) is 0 Å².